The van der Waals surface area contributed by atoms with E-state index in [9.17, 15) is 19.7 Å². The lowest BCUT2D eigenvalue weighted by Crippen LogP contribution is -2.32. The Morgan fingerprint density at radius 1 is 1.33 bits per heavy atom. The lowest BCUT2D eigenvalue weighted by molar-refractivity contribution is -0.384. The summed E-state index contributed by atoms with van der Waals surface area (Å²) in [4.78, 5) is 36.1. The van der Waals surface area contributed by atoms with E-state index in [4.69, 9.17) is 4.74 Å². The summed E-state index contributed by atoms with van der Waals surface area (Å²) in [5.74, 6) is -0.398. The van der Waals surface area contributed by atoms with E-state index < -0.39 is 16.1 Å². The number of thioether (sulfide) groups is 1. The molecule has 0 bridgehead atoms. The molecule has 140 valence electrons. The number of hydrogen-bond donors (Lipinski definition) is 2. The number of nitro groups is 1. The highest BCUT2D eigenvalue weighted by Gasteiger charge is 2.29. The Balaban J connectivity index is 1.71. The van der Waals surface area contributed by atoms with Gasteiger partial charge in [0.15, 0.2) is 0 Å². The fraction of sp³-hybridized carbons (Fsp3) is 0.222. The molecule has 2 aromatic rings. The van der Waals surface area contributed by atoms with E-state index in [1.807, 2.05) is 18.2 Å². The van der Waals surface area contributed by atoms with E-state index in [0.29, 0.717) is 18.0 Å². The van der Waals surface area contributed by atoms with Gasteiger partial charge < -0.3 is 15.4 Å². The molecular weight excluding hydrogens is 370 g/mol. The molecule has 0 saturated heterocycles. The largest absolute Gasteiger partial charge is 0.494 e. The van der Waals surface area contributed by atoms with Gasteiger partial charge in [0, 0.05) is 11.3 Å². The van der Waals surface area contributed by atoms with E-state index in [2.05, 4.69) is 10.6 Å². The molecule has 3 rings (SSSR count). The first-order valence-electron chi connectivity index (χ1n) is 8.25. The van der Waals surface area contributed by atoms with Gasteiger partial charge in [0.1, 0.15) is 11.4 Å². The van der Waals surface area contributed by atoms with Gasteiger partial charge in [-0.15, -0.1) is 11.8 Å². The molecule has 0 unspecified atom stereocenters. The molecule has 1 aliphatic heterocycles. The van der Waals surface area contributed by atoms with Crippen molar-refractivity contribution < 1.29 is 19.2 Å². The van der Waals surface area contributed by atoms with Crippen LogP contribution >= 0.6 is 11.8 Å². The summed E-state index contributed by atoms with van der Waals surface area (Å²) in [7, 11) is 0. The normalized spacial score (nSPS) is 15.4. The number of ether oxygens (including phenoxy) is 1. The summed E-state index contributed by atoms with van der Waals surface area (Å²) < 4.78 is 5.25. The van der Waals surface area contributed by atoms with Gasteiger partial charge in [-0.3, -0.25) is 19.7 Å². The number of benzene rings is 2. The first kappa shape index (κ1) is 18.7. The molecule has 0 saturated carbocycles. The second-order valence-corrected chi connectivity index (χ2v) is 6.96. The van der Waals surface area contributed by atoms with Crippen LogP contribution in [0.1, 0.15) is 13.3 Å². The Labute approximate surface area is 159 Å². The Hall–Kier alpha value is -3.07. The van der Waals surface area contributed by atoms with Crippen molar-refractivity contribution >= 4 is 40.6 Å². The molecule has 27 heavy (non-hydrogen) atoms. The summed E-state index contributed by atoms with van der Waals surface area (Å²) in [6.45, 7) is 2.14. The number of anilines is 2. The number of nitrogens with zero attached hydrogens (tertiary/aromatic N) is 1. The minimum absolute atomic E-state index is 0.0649. The van der Waals surface area contributed by atoms with Crippen molar-refractivity contribution in [3.05, 3.63) is 52.6 Å². The number of hydrogen-bond acceptors (Lipinski definition) is 6. The molecule has 2 aromatic carbocycles. The maximum Gasteiger partial charge on any atom is 0.296 e. The van der Waals surface area contributed by atoms with Crippen LogP contribution in [-0.2, 0) is 9.59 Å². The van der Waals surface area contributed by atoms with Crippen LogP contribution in [0.15, 0.2) is 47.4 Å². The molecule has 0 radical (unpaired) electrons. The van der Waals surface area contributed by atoms with Crippen LogP contribution < -0.4 is 15.4 Å². The lowest BCUT2D eigenvalue weighted by Gasteiger charge is -2.23. The summed E-state index contributed by atoms with van der Waals surface area (Å²) >= 11 is 1.30. The third-order valence-electron chi connectivity index (χ3n) is 3.83. The Morgan fingerprint density at radius 3 is 2.85 bits per heavy atom. The van der Waals surface area contributed by atoms with Gasteiger partial charge in [0.05, 0.1) is 28.5 Å². The van der Waals surface area contributed by atoms with E-state index in [0.717, 1.165) is 4.90 Å². The molecule has 0 spiro atoms. The molecule has 9 heteroatoms. The van der Waals surface area contributed by atoms with Gasteiger partial charge in [-0.25, -0.2) is 0 Å². The van der Waals surface area contributed by atoms with Gasteiger partial charge in [-0.1, -0.05) is 12.1 Å². The molecule has 1 aliphatic rings. The summed E-state index contributed by atoms with van der Waals surface area (Å²) in [6.07, 6.45) is -0.102. The van der Waals surface area contributed by atoms with Crippen LogP contribution in [0.2, 0.25) is 0 Å². The van der Waals surface area contributed by atoms with Crippen molar-refractivity contribution in [3.8, 4) is 5.75 Å². The lowest BCUT2D eigenvalue weighted by atomic mass is 10.2. The number of carbonyl (C=O) groups is 2. The number of nitro benzene ring substituents is 1. The first-order chi connectivity index (χ1) is 13.0. The Kier molecular flexibility index (Phi) is 5.60. The third kappa shape index (κ3) is 4.37. The zero-order valence-electron chi connectivity index (χ0n) is 14.4. The van der Waals surface area contributed by atoms with E-state index >= 15 is 0 Å². The monoisotopic (exact) mass is 387 g/mol. The van der Waals surface area contributed by atoms with E-state index in [1.165, 1.54) is 23.9 Å². The van der Waals surface area contributed by atoms with E-state index in [1.54, 1.807) is 19.1 Å². The number of rotatable bonds is 6. The predicted molar refractivity (Wildman–Crippen MR) is 102 cm³/mol. The molecule has 0 fully saturated rings. The van der Waals surface area contributed by atoms with Crippen LogP contribution in [-0.4, -0.2) is 28.6 Å². The number of carbonyl (C=O) groups excluding carboxylic acids is 2. The second-order valence-electron chi connectivity index (χ2n) is 5.71. The molecule has 1 heterocycles. The van der Waals surface area contributed by atoms with Crippen molar-refractivity contribution in [2.24, 2.45) is 0 Å². The average Bonchev–Trinajstić information content (AvgIpc) is 2.63. The summed E-state index contributed by atoms with van der Waals surface area (Å²) in [5.41, 5.74) is 0.516. The Bertz CT molecular complexity index is 902. The highest BCUT2D eigenvalue weighted by molar-refractivity contribution is 8.01. The molecule has 8 nitrogen and oxygen atoms in total. The van der Waals surface area contributed by atoms with Gasteiger partial charge in [-0.2, -0.15) is 0 Å². The highest BCUT2D eigenvalue weighted by atomic mass is 32.2. The van der Waals surface area contributed by atoms with Crippen LogP contribution in [0.3, 0.4) is 0 Å². The van der Waals surface area contributed by atoms with Gasteiger partial charge in [0.2, 0.25) is 11.8 Å². The van der Waals surface area contributed by atoms with Gasteiger partial charge in [0.25, 0.3) is 5.69 Å². The molecule has 2 N–H and O–H groups in total. The SMILES string of the molecule is CCOc1ccc(NC(=O)C[C@H]2Sc3ccccc3NC2=O)c([N+](=O)[O-])c1. The average molecular weight is 387 g/mol. The van der Waals surface area contributed by atoms with Gasteiger partial charge >= 0.3 is 0 Å². The smallest absolute Gasteiger partial charge is 0.296 e. The van der Waals surface area contributed by atoms with Crippen molar-refractivity contribution in [3.63, 3.8) is 0 Å². The summed E-state index contributed by atoms with van der Waals surface area (Å²) in [5, 5.41) is 15.9. The number of para-hydroxylation sites is 1. The number of fused-ring (bicyclic) bond motifs is 1. The fourth-order valence-electron chi connectivity index (χ4n) is 2.62. The molecule has 2 amide bonds. The molecule has 0 aromatic heterocycles. The highest BCUT2D eigenvalue weighted by Crippen LogP contribution is 2.37. The molecular formula is C18H17N3O5S. The minimum atomic E-state index is -0.610. The van der Waals surface area contributed by atoms with Gasteiger partial charge in [-0.05, 0) is 31.2 Å². The van der Waals surface area contributed by atoms with Crippen molar-refractivity contribution in [2.75, 3.05) is 17.2 Å². The predicted octanol–water partition coefficient (Wildman–Crippen LogP) is 3.44. The zero-order valence-corrected chi connectivity index (χ0v) is 15.2. The third-order valence-corrected chi connectivity index (χ3v) is 5.10. The summed E-state index contributed by atoms with van der Waals surface area (Å²) in [6, 6.07) is 11.6. The van der Waals surface area contributed by atoms with Crippen molar-refractivity contribution in [1.82, 2.24) is 0 Å². The first-order valence-corrected chi connectivity index (χ1v) is 9.13. The minimum Gasteiger partial charge on any atom is -0.494 e. The molecule has 0 aliphatic carbocycles. The van der Waals surface area contributed by atoms with E-state index in [-0.39, 0.29) is 23.7 Å². The number of amides is 2. The maximum atomic E-state index is 12.4. The van der Waals surface area contributed by atoms with Crippen LogP contribution in [0.5, 0.6) is 5.75 Å². The van der Waals surface area contributed by atoms with Crippen molar-refractivity contribution in [1.29, 1.82) is 0 Å². The van der Waals surface area contributed by atoms with Crippen LogP contribution in [0, 0.1) is 10.1 Å². The van der Waals surface area contributed by atoms with Crippen molar-refractivity contribution in [2.45, 2.75) is 23.5 Å². The fourth-order valence-corrected chi connectivity index (χ4v) is 3.73. The zero-order chi connectivity index (χ0) is 19.4. The molecule has 1 atom stereocenters. The second kappa shape index (κ2) is 8.09. The quantitative estimate of drug-likeness (QED) is 0.580. The Morgan fingerprint density at radius 2 is 2.11 bits per heavy atom. The topological polar surface area (TPSA) is 111 Å². The number of nitrogens with one attached hydrogen (secondary N) is 2. The van der Waals surface area contributed by atoms with Crippen LogP contribution in [0.4, 0.5) is 17.1 Å². The van der Waals surface area contributed by atoms with Crippen LogP contribution in [0.25, 0.3) is 0 Å². The standard InChI is InChI=1S/C18H17N3O5S/c1-2-26-11-7-8-12(14(9-11)21(24)25)19-17(22)10-16-18(23)20-13-5-3-4-6-15(13)27-16/h3-9,16H,2,10H2,1H3,(H,19,22)(H,20,23)/t16-/m1/s1. The maximum absolute atomic E-state index is 12.4.